The standard InChI is InChI=1S/C15H11N3O5S/c1-22-10-4-2-9(3-5-10)16-15-17-14(19)12(24-15)8-11-6-7-13(23-11)18(20)21/h2-8H,1H3,(H,16,17,19)/b12-8+. The summed E-state index contributed by atoms with van der Waals surface area (Å²) in [5.41, 5.74) is 0.661. The lowest BCUT2D eigenvalue weighted by Crippen LogP contribution is -2.19. The molecule has 1 aromatic carbocycles. The Balaban J connectivity index is 1.77. The molecule has 0 saturated carbocycles. The predicted molar refractivity (Wildman–Crippen MR) is 89.2 cm³/mol. The first-order valence-electron chi connectivity index (χ1n) is 6.73. The summed E-state index contributed by atoms with van der Waals surface area (Å²) in [6.07, 6.45) is 1.43. The summed E-state index contributed by atoms with van der Waals surface area (Å²) in [7, 11) is 1.57. The van der Waals surface area contributed by atoms with E-state index in [0.717, 1.165) is 11.8 Å². The van der Waals surface area contributed by atoms with Gasteiger partial charge in [-0.05, 0) is 42.1 Å². The van der Waals surface area contributed by atoms with Crippen molar-refractivity contribution in [1.29, 1.82) is 0 Å². The monoisotopic (exact) mass is 345 g/mol. The fraction of sp³-hybridized carbons (Fsp3) is 0.0667. The number of amides is 1. The molecular formula is C15H11N3O5S. The van der Waals surface area contributed by atoms with Gasteiger partial charge in [-0.1, -0.05) is 0 Å². The number of nitrogens with zero attached hydrogens (tertiary/aromatic N) is 2. The van der Waals surface area contributed by atoms with Crippen LogP contribution in [0.1, 0.15) is 5.76 Å². The first-order valence-corrected chi connectivity index (χ1v) is 7.54. The minimum atomic E-state index is -0.638. The number of carbonyl (C=O) groups is 1. The summed E-state index contributed by atoms with van der Waals surface area (Å²) in [4.78, 5) is 26.6. The maximum Gasteiger partial charge on any atom is 0.433 e. The van der Waals surface area contributed by atoms with Gasteiger partial charge in [-0.3, -0.25) is 14.9 Å². The molecule has 0 bridgehead atoms. The zero-order valence-electron chi connectivity index (χ0n) is 12.4. The molecule has 122 valence electrons. The van der Waals surface area contributed by atoms with Crippen LogP contribution in [-0.4, -0.2) is 23.1 Å². The molecular weight excluding hydrogens is 334 g/mol. The lowest BCUT2D eigenvalue weighted by molar-refractivity contribution is -0.402. The molecule has 1 aliphatic heterocycles. The van der Waals surface area contributed by atoms with E-state index in [2.05, 4.69) is 10.3 Å². The van der Waals surface area contributed by atoms with Crippen LogP contribution in [0.25, 0.3) is 6.08 Å². The van der Waals surface area contributed by atoms with E-state index in [0.29, 0.717) is 21.5 Å². The number of benzene rings is 1. The Kier molecular flexibility index (Phi) is 4.34. The molecule has 1 fully saturated rings. The Morgan fingerprint density at radius 3 is 2.67 bits per heavy atom. The van der Waals surface area contributed by atoms with E-state index < -0.39 is 4.92 Å². The van der Waals surface area contributed by atoms with Crippen LogP contribution >= 0.6 is 11.8 Å². The third-order valence-electron chi connectivity index (χ3n) is 3.02. The Bertz CT molecular complexity index is 854. The van der Waals surface area contributed by atoms with Gasteiger partial charge in [0.05, 0.1) is 23.8 Å². The molecule has 0 atom stereocenters. The maximum atomic E-state index is 11.9. The Labute approximate surface area is 140 Å². The van der Waals surface area contributed by atoms with E-state index >= 15 is 0 Å². The average Bonchev–Trinajstić information content (AvgIpc) is 3.16. The van der Waals surface area contributed by atoms with Crippen LogP contribution in [0.3, 0.4) is 0 Å². The number of nitro groups is 1. The van der Waals surface area contributed by atoms with Gasteiger partial charge in [0, 0.05) is 6.08 Å². The van der Waals surface area contributed by atoms with Crippen LogP contribution in [0.2, 0.25) is 0 Å². The van der Waals surface area contributed by atoms with E-state index in [1.54, 1.807) is 31.4 Å². The summed E-state index contributed by atoms with van der Waals surface area (Å²) in [5, 5.41) is 13.6. The van der Waals surface area contributed by atoms with E-state index in [1.165, 1.54) is 18.2 Å². The van der Waals surface area contributed by atoms with Crippen LogP contribution in [0, 0.1) is 10.1 Å². The molecule has 0 aliphatic carbocycles. The van der Waals surface area contributed by atoms with Gasteiger partial charge in [-0.2, -0.15) is 0 Å². The summed E-state index contributed by atoms with van der Waals surface area (Å²) in [6, 6.07) is 9.71. The van der Waals surface area contributed by atoms with Gasteiger partial charge in [0.1, 0.15) is 16.4 Å². The van der Waals surface area contributed by atoms with Crippen molar-refractivity contribution in [3.63, 3.8) is 0 Å². The number of methoxy groups -OCH3 is 1. The highest BCUT2D eigenvalue weighted by Gasteiger charge is 2.24. The Morgan fingerprint density at radius 2 is 2.04 bits per heavy atom. The Morgan fingerprint density at radius 1 is 1.29 bits per heavy atom. The quantitative estimate of drug-likeness (QED) is 0.518. The summed E-state index contributed by atoms with van der Waals surface area (Å²) < 4.78 is 10.1. The van der Waals surface area contributed by atoms with Gasteiger partial charge in [0.25, 0.3) is 5.91 Å². The zero-order chi connectivity index (χ0) is 17.1. The fourth-order valence-electron chi connectivity index (χ4n) is 1.90. The molecule has 2 heterocycles. The first-order chi connectivity index (χ1) is 11.5. The molecule has 1 amide bonds. The van der Waals surface area contributed by atoms with Gasteiger partial charge >= 0.3 is 5.88 Å². The first kappa shape index (κ1) is 15.8. The van der Waals surface area contributed by atoms with Crippen molar-refractivity contribution in [2.75, 3.05) is 7.11 Å². The number of hydrogen-bond acceptors (Lipinski definition) is 7. The van der Waals surface area contributed by atoms with E-state index in [-0.39, 0.29) is 17.6 Å². The molecule has 3 rings (SSSR count). The van der Waals surface area contributed by atoms with E-state index in [9.17, 15) is 14.9 Å². The van der Waals surface area contributed by atoms with Gasteiger partial charge in [-0.25, -0.2) is 4.99 Å². The number of carbonyl (C=O) groups excluding carboxylic acids is 1. The highest BCUT2D eigenvalue weighted by Crippen LogP contribution is 2.29. The number of hydrogen-bond donors (Lipinski definition) is 1. The molecule has 0 radical (unpaired) electrons. The van der Waals surface area contributed by atoms with Crippen molar-refractivity contribution in [3.05, 3.63) is 57.2 Å². The second-order valence-electron chi connectivity index (χ2n) is 4.61. The van der Waals surface area contributed by atoms with Gasteiger partial charge in [0.15, 0.2) is 5.17 Å². The SMILES string of the molecule is COc1ccc(N=C2NC(=O)/C(=C\c3ccc([N+](=O)[O-])o3)S2)cc1. The molecule has 1 saturated heterocycles. The van der Waals surface area contributed by atoms with Crippen LogP contribution in [0.5, 0.6) is 5.75 Å². The third-order valence-corrected chi connectivity index (χ3v) is 3.93. The van der Waals surface area contributed by atoms with Crippen molar-refractivity contribution in [1.82, 2.24) is 5.32 Å². The second kappa shape index (κ2) is 6.59. The van der Waals surface area contributed by atoms with Crippen LogP contribution in [0.4, 0.5) is 11.6 Å². The number of furan rings is 1. The normalized spacial score (nSPS) is 17.3. The number of thioether (sulfide) groups is 1. The van der Waals surface area contributed by atoms with Crippen molar-refractivity contribution >= 4 is 40.5 Å². The number of nitrogens with one attached hydrogen (secondary N) is 1. The maximum absolute atomic E-state index is 11.9. The molecule has 9 heteroatoms. The number of rotatable bonds is 4. The van der Waals surface area contributed by atoms with Gasteiger partial charge < -0.3 is 14.5 Å². The lowest BCUT2D eigenvalue weighted by atomic mass is 10.3. The number of ether oxygens (including phenoxy) is 1. The lowest BCUT2D eigenvalue weighted by Gasteiger charge is -1.99. The highest BCUT2D eigenvalue weighted by atomic mass is 32.2. The molecule has 1 aromatic heterocycles. The largest absolute Gasteiger partial charge is 0.497 e. The summed E-state index contributed by atoms with van der Waals surface area (Å²) in [6.45, 7) is 0. The third kappa shape index (κ3) is 3.46. The fourth-order valence-corrected chi connectivity index (χ4v) is 2.72. The van der Waals surface area contributed by atoms with Gasteiger partial charge in [-0.15, -0.1) is 0 Å². The van der Waals surface area contributed by atoms with Gasteiger partial charge in [0.2, 0.25) is 0 Å². The molecule has 8 nitrogen and oxygen atoms in total. The van der Waals surface area contributed by atoms with E-state index in [4.69, 9.17) is 9.15 Å². The summed E-state index contributed by atoms with van der Waals surface area (Å²) >= 11 is 1.13. The summed E-state index contributed by atoms with van der Waals surface area (Å²) in [5.74, 6) is 0.218. The minimum Gasteiger partial charge on any atom is -0.497 e. The molecule has 0 unspecified atom stereocenters. The number of aliphatic imine (C=N–C) groups is 1. The van der Waals surface area contributed by atoms with E-state index in [1.807, 2.05) is 0 Å². The molecule has 0 spiro atoms. The minimum absolute atomic E-state index is 0.227. The molecule has 2 aromatic rings. The molecule has 1 N–H and O–H groups in total. The molecule has 1 aliphatic rings. The highest BCUT2D eigenvalue weighted by molar-refractivity contribution is 8.18. The smallest absolute Gasteiger partial charge is 0.433 e. The predicted octanol–water partition coefficient (Wildman–Crippen LogP) is 3.09. The van der Waals surface area contributed by atoms with Crippen molar-refractivity contribution < 1.29 is 18.9 Å². The van der Waals surface area contributed by atoms with Crippen LogP contribution in [-0.2, 0) is 4.79 Å². The van der Waals surface area contributed by atoms with Crippen molar-refractivity contribution in [3.8, 4) is 5.75 Å². The average molecular weight is 345 g/mol. The van der Waals surface area contributed by atoms with Crippen molar-refractivity contribution in [2.45, 2.75) is 0 Å². The van der Waals surface area contributed by atoms with Crippen molar-refractivity contribution in [2.24, 2.45) is 4.99 Å². The Hall–Kier alpha value is -3.07. The topological polar surface area (TPSA) is 107 Å². The van der Waals surface area contributed by atoms with Crippen LogP contribution in [0.15, 0.2) is 50.7 Å². The number of amidine groups is 1. The molecule has 24 heavy (non-hydrogen) atoms. The van der Waals surface area contributed by atoms with Crippen LogP contribution < -0.4 is 10.1 Å². The second-order valence-corrected chi connectivity index (χ2v) is 5.64. The zero-order valence-corrected chi connectivity index (χ0v) is 13.2.